The molecule has 1 aliphatic heterocycles. The zero-order valence-electron chi connectivity index (χ0n) is 18.1. The Labute approximate surface area is 195 Å². The molecule has 0 bridgehead atoms. The zero-order chi connectivity index (χ0) is 25.4. The molecule has 1 aromatic carbocycles. The highest BCUT2D eigenvalue weighted by Crippen LogP contribution is 2.44. The van der Waals surface area contributed by atoms with Gasteiger partial charge in [-0.15, -0.1) is 11.8 Å². The number of carbonyl (C=O) groups excluding carboxylic acids is 1. The summed E-state index contributed by atoms with van der Waals surface area (Å²) in [5.41, 5.74) is -3.73. The van der Waals surface area contributed by atoms with Gasteiger partial charge in [0.25, 0.3) is 12.3 Å². The average Bonchev–Trinajstić information content (AvgIpc) is 3.33. The molecule has 0 spiro atoms. The van der Waals surface area contributed by atoms with Crippen LogP contribution in [0.15, 0.2) is 29.7 Å². The number of aryl methyl sites for hydroxylation is 2. The van der Waals surface area contributed by atoms with Crippen molar-refractivity contribution >= 4 is 23.6 Å². The standard InChI is InChI=1S/C21H20F5N3O4S/c1-10-8-12(4-5-13(10)19(31)32)11(2)27-17(30)14-15(16(22)23)28-29(3)18(14)33-20(21(24,25)26)6-7-34-9-20/h4-8,11,16H,9H2,1-3H3,(H,27,30)(H,31,32). The number of ether oxygens (including phenoxy) is 1. The van der Waals surface area contributed by atoms with Crippen LogP contribution >= 0.6 is 11.8 Å². The Morgan fingerprint density at radius 3 is 2.50 bits per heavy atom. The van der Waals surface area contributed by atoms with Crippen LogP contribution in [0.5, 0.6) is 5.88 Å². The molecular weight excluding hydrogens is 485 g/mol. The normalized spacial score (nSPS) is 18.9. The molecule has 184 valence electrons. The quantitative estimate of drug-likeness (QED) is 0.526. The van der Waals surface area contributed by atoms with E-state index in [0.29, 0.717) is 15.8 Å². The van der Waals surface area contributed by atoms with Crippen molar-refractivity contribution in [3.8, 4) is 5.88 Å². The number of benzene rings is 1. The second-order valence-corrected chi connectivity index (χ2v) is 8.56. The van der Waals surface area contributed by atoms with Crippen LogP contribution in [0.1, 0.15) is 56.9 Å². The monoisotopic (exact) mass is 505 g/mol. The molecule has 13 heteroatoms. The van der Waals surface area contributed by atoms with E-state index in [0.717, 1.165) is 24.9 Å². The predicted octanol–water partition coefficient (Wildman–Crippen LogP) is 4.80. The van der Waals surface area contributed by atoms with Gasteiger partial charge in [0, 0.05) is 7.05 Å². The Kier molecular flexibility index (Phi) is 6.97. The van der Waals surface area contributed by atoms with Gasteiger partial charge in [-0.2, -0.15) is 18.3 Å². The molecule has 0 aliphatic carbocycles. The van der Waals surface area contributed by atoms with Crippen LogP contribution in [-0.2, 0) is 7.05 Å². The lowest BCUT2D eigenvalue weighted by Crippen LogP contribution is -2.50. The first-order valence-corrected chi connectivity index (χ1v) is 10.9. The van der Waals surface area contributed by atoms with Gasteiger partial charge in [0.1, 0.15) is 11.3 Å². The smallest absolute Gasteiger partial charge is 0.432 e. The van der Waals surface area contributed by atoms with E-state index in [2.05, 4.69) is 10.4 Å². The molecule has 2 atom stereocenters. The first kappa shape index (κ1) is 25.5. The minimum atomic E-state index is -4.88. The van der Waals surface area contributed by atoms with E-state index in [1.165, 1.54) is 30.5 Å². The third-order valence-corrected chi connectivity index (χ3v) is 6.20. The summed E-state index contributed by atoms with van der Waals surface area (Å²) in [7, 11) is 1.10. The second-order valence-electron chi connectivity index (χ2n) is 7.67. The van der Waals surface area contributed by atoms with E-state index in [9.17, 15) is 31.5 Å². The largest absolute Gasteiger partial charge is 0.478 e. The van der Waals surface area contributed by atoms with E-state index in [1.54, 1.807) is 6.92 Å². The van der Waals surface area contributed by atoms with Crippen molar-refractivity contribution in [2.24, 2.45) is 7.05 Å². The number of hydrogen-bond donors (Lipinski definition) is 2. The fraction of sp³-hybridized carbons (Fsp3) is 0.381. The van der Waals surface area contributed by atoms with Crippen LogP contribution in [0.3, 0.4) is 0 Å². The Morgan fingerprint density at radius 1 is 1.32 bits per heavy atom. The number of aromatic nitrogens is 2. The lowest BCUT2D eigenvalue weighted by Gasteiger charge is -2.30. The summed E-state index contributed by atoms with van der Waals surface area (Å²) in [5.74, 6) is -3.56. The van der Waals surface area contributed by atoms with Gasteiger partial charge in [-0.3, -0.25) is 4.79 Å². The number of carboxylic acid groups (broad SMARTS) is 1. The van der Waals surface area contributed by atoms with Crippen LogP contribution < -0.4 is 10.1 Å². The number of alkyl halides is 5. The highest BCUT2D eigenvalue weighted by Gasteiger charge is 2.58. The molecule has 34 heavy (non-hydrogen) atoms. The number of carboxylic acids is 1. The van der Waals surface area contributed by atoms with E-state index in [4.69, 9.17) is 9.84 Å². The Morgan fingerprint density at radius 2 is 2.00 bits per heavy atom. The van der Waals surface area contributed by atoms with E-state index in [1.807, 2.05) is 0 Å². The molecule has 2 aromatic rings. The molecule has 2 N–H and O–H groups in total. The van der Waals surface area contributed by atoms with Crippen molar-refractivity contribution in [3.63, 3.8) is 0 Å². The zero-order valence-corrected chi connectivity index (χ0v) is 18.9. The average molecular weight is 505 g/mol. The Hall–Kier alpha value is -3.09. The van der Waals surface area contributed by atoms with Crippen LogP contribution in [0.25, 0.3) is 0 Å². The lowest BCUT2D eigenvalue weighted by molar-refractivity contribution is -0.221. The van der Waals surface area contributed by atoms with Crippen molar-refractivity contribution in [1.82, 2.24) is 15.1 Å². The summed E-state index contributed by atoms with van der Waals surface area (Å²) in [6, 6.07) is 3.47. The highest BCUT2D eigenvalue weighted by atomic mass is 32.2. The summed E-state index contributed by atoms with van der Waals surface area (Å²) in [6.45, 7) is 3.06. The molecule has 7 nitrogen and oxygen atoms in total. The number of amides is 1. The predicted molar refractivity (Wildman–Crippen MR) is 113 cm³/mol. The maximum atomic E-state index is 13.8. The number of rotatable bonds is 7. The highest BCUT2D eigenvalue weighted by molar-refractivity contribution is 8.02. The van der Waals surface area contributed by atoms with Crippen LogP contribution in [-0.4, -0.2) is 44.3 Å². The van der Waals surface area contributed by atoms with Gasteiger partial charge in [0.15, 0.2) is 0 Å². The molecule has 0 saturated heterocycles. The van der Waals surface area contributed by atoms with E-state index >= 15 is 0 Å². The van der Waals surface area contributed by atoms with Gasteiger partial charge in [-0.05, 0) is 42.5 Å². The summed E-state index contributed by atoms with van der Waals surface area (Å²) in [5, 5.41) is 16.3. The third kappa shape index (κ3) is 4.74. The van der Waals surface area contributed by atoms with Crippen LogP contribution in [0.2, 0.25) is 0 Å². The minimum absolute atomic E-state index is 0.0464. The number of nitrogens with one attached hydrogen (secondary N) is 1. The molecule has 1 aliphatic rings. The molecule has 2 unspecified atom stereocenters. The number of halogens is 5. The van der Waals surface area contributed by atoms with E-state index in [-0.39, 0.29) is 5.56 Å². The Bertz CT molecular complexity index is 1150. The number of hydrogen-bond acceptors (Lipinski definition) is 5. The van der Waals surface area contributed by atoms with Crippen molar-refractivity contribution in [3.05, 3.63) is 57.6 Å². The SMILES string of the molecule is Cc1cc(C(C)NC(=O)c2c(C(F)F)nn(C)c2OC2(C(F)(F)F)C=CSC2)ccc1C(=O)O. The maximum Gasteiger partial charge on any atom is 0.432 e. The van der Waals surface area contributed by atoms with Gasteiger partial charge in [-0.25, -0.2) is 18.3 Å². The second kappa shape index (κ2) is 9.28. The molecule has 3 rings (SSSR count). The number of thioether (sulfide) groups is 1. The summed E-state index contributed by atoms with van der Waals surface area (Å²) < 4.78 is 74.5. The van der Waals surface area contributed by atoms with Crippen molar-refractivity contribution in [2.45, 2.75) is 38.1 Å². The number of aromatic carboxylic acids is 1. The van der Waals surface area contributed by atoms with Crippen LogP contribution in [0, 0.1) is 6.92 Å². The molecule has 0 saturated carbocycles. The molecular formula is C21H20F5N3O4S. The fourth-order valence-electron chi connectivity index (χ4n) is 3.41. The molecule has 2 heterocycles. The number of nitrogens with zero attached hydrogens (tertiary/aromatic N) is 2. The maximum absolute atomic E-state index is 13.8. The van der Waals surface area contributed by atoms with Gasteiger partial charge in [-0.1, -0.05) is 12.1 Å². The van der Waals surface area contributed by atoms with Gasteiger partial charge in [0.05, 0.1) is 17.4 Å². The van der Waals surface area contributed by atoms with Gasteiger partial charge in [0.2, 0.25) is 11.5 Å². The topological polar surface area (TPSA) is 93.5 Å². The first-order valence-electron chi connectivity index (χ1n) is 9.82. The molecule has 1 amide bonds. The summed E-state index contributed by atoms with van der Waals surface area (Å²) in [6.07, 6.45) is -7.37. The Balaban J connectivity index is 1.97. The molecule has 0 radical (unpaired) electrons. The summed E-state index contributed by atoms with van der Waals surface area (Å²) in [4.78, 5) is 24.2. The van der Waals surface area contributed by atoms with Crippen LogP contribution in [0.4, 0.5) is 22.0 Å². The van der Waals surface area contributed by atoms with E-state index < -0.39 is 59.0 Å². The van der Waals surface area contributed by atoms with Crippen molar-refractivity contribution in [1.29, 1.82) is 0 Å². The van der Waals surface area contributed by atoms with Crippen molar-refractivity contribution < 1.29 is 41.4 Å². The molecule has 0 fully saturated rings. The van der Waals surface area contributed by atoms with Gasteiger partial charge >= 0.3 is 12.1 Å². The fourth-order valence-corrected chi connectivity index (χ4v) is 4.39. The number of carbonyl (C=O) groups is 2. The summed E-state index contributed by atoms with van der Waals surface area (Å²) >= 11 is 0.827. The first-order chi connectivity index (χ1) is 15.8. The lowest BCUT2D eigenvalue weighted by atomic mass is 10.0. The van der Waals surface area contributed by atoms with Crippen molar-refractivity contribution in [2.75, 3.05) is 5.75 Å². The molecule has 1 aromatic heterocycles. The third-order valence-electron chi connectivity index (χ3n) is 5.27. The minimum Gasteiger partial charge on any atom is -0.478 e. The van der Waals surface area contributed by atoms with Gasteiger partial charge < -0.3 is 15.2 Å².